The van der Waals surface area contributed by atoms with E-state index in [9.17, 15) is 9.59 Å². The van der Waals surface area contributed by atoms with E-state index in [4.69, 9.17) is 9.47 Å². The SMILES string of the molecule is CC(C)(C)OC(=O)N1CCC(N2C(=O)OCC2c2ccccc2)CC1. The number of amides is 2. The molecule has 0 spiro atoms. The highest BCUT2D eigenvalue weighted by Gasteiger charge is 2.40. The molecular weight excluding hydrogens is 320 g/mol. The number of hydrogen-bond acceptors (Lipinski definition) is 4. The molecule has 0 saturated carbocycles. The summed E-state index contributed by atoms with van der Waals surface area (Å²) in [5, 5.41) is 0. The second-order valence-corrected chi connectivity index (χ2v) is 7.61. The highest BCUT2D eigenvalue weighted by Crippen LogP contribution is 2.33. The van der Waals surface area contributed by atoms with Gasteiger partial charge < -0.3 is 14.4 Å². The number of benzene rings is 1. The minimum atomic E-state index is -0.495. The Bertz CT molecular complexity index is 618. The van der Waals surface area contributed by atoms with E-state index >= 15 is 0 Å². The fourth-order valence-electron chi connectivity index (χ4n) is 3.42. The molecule has 136 valence electrons. The van der Waals surface area contributed by atoms with E-state index < -0.39 is 5.60 Å². The van der Waals surface area contributed by atoms with Crippen molar-refractivity contribution in [2.75, 3.05) is 19.7 Å². The summed E-state index contributed by atoms with van der Waals surface area (Å²) >= 11 is 0. The van der Waals surface area contributed by atoms with Crippen LogP contribution in [0.1, 0.15) is 45.2 Å². The number of carbonyl (C=O) groups is 2. The molecule has 0 N–H and O–H groups in total. The van der Waals surface area contributed by atoms with Crippen LogP contribution in [0.5, 0.6) is 0 Å². The van der Waals surface area contributed by atoms with E-state index in [1.54, 1.807) is 4.90 Å². The molecule has 2 heterocycles. The fourth-order valence-corrected chi connectivity index (χ4v) is 3.42. The van der Waals surface area contributed by atoms with E-state index in [2.05, 4.69) is 0 Å². The zero-order valence-corrected chi connectivity index (χ0v) is 15.1. The molecule has 2 saturated heterocycles. The zero-order valence-electron chi connectivity index (χ0n) is 15.1. The van der Waals surface area contributed by atoms with Gasteiger partial charge >= 0.3 is 12.2 Å². The van der Waals surface area contributed by atoms with Crippen LogP contribution in [0.3, 0.4) is 0 Å². The lowest BCUT2D eigenvalue weighted by molar-refractivity contribution is 0.0157. The lowest BCUT2D eigenvalue weighted by Crippen LogP contribution is -2.48. The second kappa shape index (κ2) is 6.94. The summed E-state index contributed by atoms with van der Waals surface area (Å²) in [5.74, 6) is 0. The average Bonchev–Trinajstić information content (AvgIpc) is 2.96. The van der Waals surface area contributed by atoms with Gasteiger partial charge in [-0.2, -0.15) is 0 Å². The lowest BCUT2D eigenvalue weighted by Gasteiger charge is -2.38. The van der Waals surface area contributed by atoms with Crippen LogP contribution in [0.25, 0.3) is 0 Å². The zero-order chi connectivity index (χ0) is 18.0. The van der Waals surface area contributed by atoms with Crippen molar-refractivity contribution in [1.29, 1.82) is 0 Å². The molecule has 0 aliphatic carbocycles. The molecule has 25 heavy (non-hydrogen) atoms. The first-order chi connectivity index (χ1) is 11.8. The van der Waals surface area contributed by atoms with Gasteiger partial charge in [-0.05, 0) is 39.2 Å². The lowest BCUT2D eigenvalue weighted by atomic mass is 9.99. The molecule has 1 aromatic carbocycles. The molecule has 3 rings (SSSR count). The Labute approximate surface area is 148 Å². The molecule has 2 aliphatic rings. The van der Waals surface area contributed by atoms with Crippen molar-refractivity contribution in [2.24, 2.45) is 0 Å². The molecular formula is C19H26N2O4. The van der Waals surface area contributed by atoms with E-state index in [0.717, 1.165) is 18.4 Å². The third kappa shape index (κ3) is 4.06. The number of rotatable bonds is 2. The van der Waals surface area contributed by atoms with Gasteiger partial charge in [-0.25, -0.2) is 9.59 Å². The number of carbonyl (C=O) groups excluding carboxylic acids is 2. The van der Waals surface area contributed by atoms with Gasteiger partial charge in [0.15, 0.2) is 0 Å². The number of piperidine rings is 1. The van der Waals surface area contributed by atoms with Crippen molar-refractivity contribution in [2.45, 2.75) is 51.3 Å². The Balaban J connectivity index is 1.63. The van der Waals surface area contributed by atoms with Crippen molar-refractivity contribution >= 4 is 12.2 Å². The molecule has 1 aromatic rings. The van der Waals surface area contributed by atoms with E-state index in [-0.39, 0.29) is 24.3 Å². The van der Waals surface area contributed by atoms with E-state index in [1.165, 1.54) is 0 Å². The van der Waals surface area contributed by atoms with Gasteiger partial charge in [0.1, 0.15) is 12.2 Å². The predicted octanol–water partition coefficient (Wildman–Crippen LogP) is 3.58. The molecule has 0 aromatic heterocycles. The third-order valence-corrected chi connectivity index (χ3v) is 4.61. The maximum absolute atomic E-state index is 12.3. The topological polar surface area (TPSA) is 59.1 Å². The standard InChI is InChI=1S/C19H26N2O4/c1-19(2,3)25-17(22)20-11-9-15(10-12-20)21-16(13-24-18(21)23)14-7-5-4-6-8-14/h4-8,15-16H,9-13H2,1-3H3. The maximum Gasteiger partial charge on any atom is 0.410 e. The summed E-state index contributed by atoms with van der Waals surface area (Å²) in [6.45, 7) is 7.15. The summed E-state index contributed by atoms with van der Waals surface area (Å²) < 4.78 is 10.7. The maximum atomic E-state index is 12.3. The molecule has 6 heteroatoms. The molecule has 1 unspecified atom stereocenters. The average molecular weight is 346 g/mol. The third-order valence-electron chi connectivity index (χ3n) is 4.61. The summed E-state index contributed by atoms with van der Waals surface area (Å²) in [5.41, 5.74) is 0.591. The molecule has 2 aliphatic heterocycles. The van der Waals surface area contributed by atoms with Gasteiger partial charge in [-0.15, -0.1) is 0 Å². The minimum absolute atomic E-state index is 0.0493. The van der Waals surface area contributed by atoms with Crippen LogP contribution in [0, 0.1) is 0 Å². The number of cyclic esters (lactones) is 1. The number of nitrogens with zero attached hydrogens (tertiary/aromatic N) is 2. The Morgan fingerprint density at radius 2 is 1.80 bits per heavy atom. The van der Waals surface area contributed by atoms with Crippen molar-refractivity contribution in [3.05, 3.63) is 35.9 Å². The minimum Gasteiger partial charge on any atom is -0.447 e. The van der Waals surface area contributed by atoms with Gasteiger partial charge in [-0.3, -0.25) is 4.90 Å². The van der Waals surface area contributed by atoms with Crippen LogP contribution < -0.4 is 0 Å². The molecule has 0 bridgehead atoms. The summed E-state index contributed by atoms with van der Waals surface area (Å²) in [4.78, 5) is 28.0. The van der Waals surface area contributed by atoms with Crippen molar-refractivity contribution in [3.8, 4) is 0 Å². The highest BCUT2D eigenvalue weighted by atomic mass is 16.6. The quantitative estimate of drug-likeness (QED) is 0.821. The van der Waals surface area contributed by atoms with Gasteiger partial charge in [0.25, 0.3) is 0 Å². The van der Waals surface area contributed by atoms with Crippen LogP contribution in [0.2, 0.25) is 0 Å². The summed E-state index contributed by atoms with van der Waals surface area (Å²) in [6.07, 6.45) is 0.925. The largest absolute Gasteiger partial charge is 0.447 e. The highest BCUT2D eigenvalue weighted by molar-refractivity contribution is 5.71. The van der Waals surface area contributed by atoms with Crippen molar-refractivity contribution < 1.29 is 19.1 Å². The van der Waals surface area contributed by atoms with Crippen LogP contribution in [-0.2, 0) is 9.47 Å². The van der Waals surface area contributed by atoms with Gasteiger partial charge in [0, 0.05) is 19.1 Å². The van der Waals surface area contributed by atoms with Crippen molar-refractivity contribution in [1.82, 2.24) is 9.80 Å². The molecule has 2 fully saturated rings. The van der Waals surface area contributed by atoms with E-state index in [0.29, 0.717) is 19.7 Å². The summed E-state index contributed by atoms with van der Waals surface area (Å²) in [7, 11) is 0. The van der Waals surface area contributed by atoms with Gasteiger partial charge in [-0.1, -0.05) is 30.3 Å². The number of likely N-dealkylation sites (tertiary alicyclic amines) is 1. The Morgan fingerprint density at radius 1 is 1.16 bits per heavy atom. The van der Waals surface area contributed by atoms with Gasteiger partial charge in [0.2, 0.25) is 0 Å². The van der Waals surface area contributed by atoms with Crippen molar-refractivity contribution in [3.63, 3.8) is 0 Å². The second-order valence-electron chi connectivity index (χ2n) is 7.61. The molecule has 2 amide bonds. The first-order valence-corrected chi connectivity index (χ1v) is 8.83. The number of hydrogen-bond donors (Lipinski definition) is 0. The molecule has 0 radical (unpaired) electrons. The van der Waals surface area contributed by atoms with Crippen LogP contribution >= 0.6 is 0 Å². The molecule has 6 nitrogen and oxygen atoms in total. The monoisotopic (exact) mass is 346 g/mol. The van der Waals surface area contributed by atoms with E-state index in [1.807, 2.05) is 56.0 Å². The smallest absolute Gasteiger partial charge is 0.410 e. The predicted molar refractivity (Wildman–Crippen MR) is 93.2 cm³/mol. The Hall–Kier alpha value is -2.24. The molecule has 1 atom stereocenters. The number of ether oxygens (including phenoxy) is 2. The first kappa shape index (κ1) is 17.6. The normalized spacial score (nSPS) is 22.0. The summed E-state index contributed by atoms with van der Waals surface area (Å²) in [6, 6.07) is 9.99. The fraction of sp³-hybridized carbons (Fsp3) is 0.579. The first-order valence-electron chi connectivity index (χ1n) is 8.83. The van der Waals surface area contributed by atoms with Crippen LogP contribution in [0.4, 0.5) is 9.59 Å². The Kier molecular flexibility index (Phi) is 4.88. The van der Waals surface area contributed by atoms with Crippen LogP contribution in [-0.4, -0.2) is 53.3 Å². The van der Waals surface area contributed by atoms with Crippen LogP contribution in [0.15, 0.2) is 30.3 Å². The van der Waals surface area contributed by atoms with Gasteiger partial charge in [0.05, 0.1) is 6.04 Å². The Morgan fingerprint density at radius 3 is 2.40 bits per heavy atom.